The van der Waals surface area contributed by atoms with Crippen LogP contribution in [0.15, 0.2) is 48.5 Å². The molecule has 0 aliphatic heterocycles. The zero-order valence-electron chi connectivity index (χ0n) is 16.0. The summed E-state index contributed by atoms with van der Waals surface area (Å²) < 4.78 is 18.7. The second-order valence-electron chi connectivity index (χ2n) is 6.38. The van der Waals surface area contributed by atoms with E-state index >= 15 is 0 Å². The lowest BCUT2D eigenvalue weighted by molar-refractivity contribution is 0.206. The van der Waals surface area contributed by atoms with Crippen LogP contribution in [-0.4, -0.2) is 30.1 Å². The van der Waals surface area contributed by atoms with Crippen molar-refractivity contribution < 1.29 is 13.9 Å². The van der Waals surface area contributed by atoms with Crippen LogP contribution in [-0.2, 0) is 13.1 Å². The number of hydrogen-bond acceptors (Lipinski definition) is 4. The SMILES string of the molecule is COc1ccc(CN(C)C(=O)NCc2sc(-c3ccccc3)nc2C)cc1F. The van der Waals surface area contributed by atoms with E-state index in [2.05, 4.69) is 10.3 Å². The smallest absolute Gasteiger partial charge is 0.317 e. The Labute approximate surface area is 167 Å². The number of carbonyl (C=O) groups is 1. The molecule has 28 heavy (non-hydrogen) atoms. The van der Waals surface area contributed by atoms with Gasteiger partial charge in [0.25, 0.3) is 0 Å². The first kappa shape index (κ1) is 19.8. The van der Waals surface area contributed by atoms with Crippen LogP contribution in [0.3, 0.4) is 0 Å². The Morgan fingerprint density at radius 2 is 2.00 bits per heavy atom. The number of benzene rings is 2. The molecule has 5 nitrogen and oxygen atoms in total. The second-order valence-corrected chi connectivity index (χ2v) is 7.46. The molecule has 0 bridgehead atoms. The van der Waals surface area contributed by atoms with E-state index in [1.165, 1.54) is 18.1 Å². The van der Waals surface area contributed by atoms with Gasteiger partial charge in [0.05, 0.1) is 19.3 Å². The Morgan fingerprint density at radius 1 is 1.25 bits per heavy atom. The first-order valence-corrected chi connectivity index (χ1v) is 9.62. The Bertz CT molecular complexity index is 960. The molecule has 7 heteroatoms. The van der Waals surface area contributed by atoms with Gasteiger partial charge in [-0.05, 0) is 24.6 Å². The first-order chi connectivity index (χ1) is 13.5. The summed E-state index contributed by atoms with van der Waals surface area (Å²) in [5, 5.41) is 3.84. The molecule has 1 heterocycles. The van der Waals surface area contributed by atoms with E-state index in [0.717, 1.165) is 21.1 Å². The van der Waals surface area contributed by atoms with Crippen LogP contribution in [0.2, 0.25) is 0 Å². The molecule has 0 saturated heterocycles. The normalized spacial score (nSPS) is 10.6. The average molecular weight is 399 g/mol. The number of amides is 2. The lowest BCUT2D eigenvalue weighted by atomic mass is 10.2. The van der Waals surface area contributed by atoms with E-state index in [-0.39, 0.29) is 11.8 Å². The Hall–Kier alpha value is -2.93. The third-order valence-electron chi connectivity index (χ3n) is 4.30. The molecule has 1 aromatic heterocycles. The van der Waals surface area contributed by atoms with Gasteiger partial charge >= 0.3 is 6.03 Å². The third kappa shape index (κ3) is 4.67. The van der Waals surface area contributed by atoms with Crippen molar-refractivity contribution in [1.29, 1.82) is 0 Å². The Kier molecular flexibility index (Phi) is 6.26. The number of thiazole rings is 1. The number of methoxy groups -OCH3 is 1. The van der Waals surface area contributed by atoms with E-state index < -0.39 is 5.82 Å². The van der Waals surface area contributed by atoms with Crippen LogP contribution in [0, 0.1) is 12.7 Å². The molecule has 146 valence electrons. The highest BCUT2D eigenvalue weighted by atomic mass is 32.1. The number of nitrogens with zero attached hydrogens (tertiary/aromatic N) is 2. The van der Waals surface area contributed by atoms with Crippen molar-refractivity contribution >= 4 is 17.4 Å². The van der Waals surface area contributed by atoms with Gasteiger partial charge < -0.3 is 15.0 Å². The van der Waals surface area contributed by atoms with Crippen molar-refractivity contribution in [2.24, 2.45) is 0 Å². The fourth-order valence-electron chi connectivity index (χ4n) is 2.74. The van der Waals surface area contributed by atoms with Gasteiger partial charge in [-0.15, -0.1) is 11.3 Å². The van der Waals surface area contributed by atoms with Crippen LogP contribution in [0.1, 0.15) is 16.1 Å². The second kappa shape index (κ2) is 8.84. The monoisotopic (exact) mass is 399 g/mol. The summed E-state index contributed by atoms with van der Waals surface area (Å²) in [7, 11) is 3.09. The van der Waals surface area contributed by atoms with Crippen LogP contribution < -0.4 is 10.1 Å². The van der Waals surface area contributed by atoms with Crippen molar-refractivity contribution in [3.8, 4) is 16.3 Å². The first-order valence-electron chi connectivity index (χ1n) is 8.81. The lowest BCUT2D eigenvalue weighted by Crippen LogP contribution is -2.36. The minimum atomic E-state index is -0.442. The van der Waals surface area contributed by atoms with Gasteiger partial charge in [-0.3, -0.25) is 0 Å². The molecule has 3 rings (SSSR count). The van der Waals surface area contributed by atoms with Gasteiger partial charge in [-0.1, -0.05) is 36.4 Å². The predicted octanol–water partition coefficient (Wildman–Crippen LogP) is 4.61. The van der Waals surface area contributed by atoms with Crippen LogP contribution >= 0.6 is 11.3 Å². The van der Waals surface area contributed by atoms with Gasteiger partial charge in [0.1, 0.15) is 5.01 Å². The van der Waals surface area contributed by atoms with Crippen molar-refractivity contribution in [2.75, 3.05) is 14.2 Å². The number of carbonyl (C=O) groups excluding carboxylic acids is 1. The molecule has 0 radical (unpaired) electrons. The van der Waals surface area contributed by atoms with Crippen LogP contribution in [0.5, 0.6) is 5.75 Å². The van der Waals surface area contributed by atoms with Crippen molar-refractivity contribution in [3.63, 3.8) is 0 Å². The average Bonchev–Trinajstić information content (AvgIpc) is 3.07. The molecule has 0 fully saturated rings. The maximum Gasteiger partial charge on any atom is 0.317 e. The predicted molar refractivity (Wildman–Crippen MR) is 109 cm³/mol. The summed E-state index contributed by atoms with van der Waals surface area (Å²) in [4.78, 5) is 19.5. The molecule has 3 aromatic rings. The highest BCUT2D eigenvalue weighted by Crippen LogP contribution is 2.27. The Morgan fingerprint density at radius 3 is 2.68 bits per heavy atom. The zero-order valence-corrected chi connectivity index (χ0v) is 16.8. The maximum atomic E-state index is 13.8. The molecular weight excluding hydrogens is 377 g/mol. The minimum absolute atomic E-state index is 0.186. The summed E-state index contributed by atoms with van der Waals surface area (Å²) in [6.45, 7) is 2.63. The molecule has 0 saturated carbocycles. The standard InChI is InChI=1S/C21H22FN3O2S/c1-14-19(28-20(24-14)16-7-5-4-6-8-16)12-23-21(26)25(2)13-15-9-10-18(27-3)17(22)11-15/h4-11H,12-13H2,1-3H3,(H,23,26). The maximum absolute atomic E-state index is 13.8. The van der Waals surface area contributed by atoms with E-state index in [1.807, 2.05) is 37.3 Å². The number of nitrogens with one attached hydrogen (secondary N) is 1. The summed E-state index contributed by atoms with van der Waals surface area (Å²) in [6, 6.07) is 14.4. The molecule has 0 atom stereocenters. The molecule has 2 aromatic carbocycles. The molecule has 0 unspecified atom stereocenters. The molecule has 0 aliphatic rings. The topological polar surface area (TPSA) is 54.5 Å². The molecular formula is C21H22FN3O2S. The van der Waals surface area contributed by atoms with Gasteiger partial charge in [-0.2, -0.15) is 0 Å². The van der Waals surface area contributed by atoms with Gasteiger partial charge in [0, 0.05) is 24.0 Å². The lowest BCUT2D eigenvalue weighted by Gasteiger charge is -2.18. The molecule has 2 amide bonds. The minimum Gasteiger partial charge on any atom is -0.494 e. The zero-order chi connectivity index (χ0) is 20.1. The summed E-state index contributed by atoms with van der Waals surface area (Å²) >= 11 is 1.57. The van der Waals surface area contributed by atoms with E-state index in [4.69, 9.17) is 4.74 Å². The van der Waals surface area contributed by atoms with Crippen molar-refractivity contribution in [1.82, 2.24) is 15.2 Å². The number of aromatic nitrogens is 1. The number of halogens is 1. The number of hydrogen-bond donors (Lipinski definition) is 1. The highest BCUT2D eigenvalue weighted by Gasteiger charge is 2.14. The number of aryl methyl sites for hydroxylation is 1. The van der Waals surface area contributed by atoms with Crippen molar-refractivity contribution in [2.45, 2.75) is 20.0 Å². The molecule has 0 aliphatic carbocycles. The van der Waals surface area contributed by atoms with Crippen LogP contribution in [0.4, 0.5) is 9.18 Å². The summed E-state index contributed by atoms with van der Waals surface area (Å²) in [5.74, 6) is -0.256. The molecule has 0 spiro atoms. The Balaban J connectivity index is 1.59. The van der Waals surface area contributed by atoms with Gasteiger partial charge in [0.2, 0.25) is 0 Å². The highest BCUT2D eigenvalue weighted by molar-refractivity contribution is 7.15. The van der Waals surface area contributed by atoms with Crippen molar-refractivity contribution in [3.05, 3.63) is 70.5 Å². The third-order valence-corrected chi connectivity index (χ3v) is 5.50. The summed E-state index contributed by atoms with van der Waals surface area (Å²) in [6.07, 6.45) is 0. The van der Waals surface area contributed by atoms with E-state index in [9.17, 15) is 9.18 Å². The van der Waals surface area contributed by atoms with Crippen LogP contribution in [0.25, 0.3) is 10.6 Å². The fraction of sp³-hybridized carbons (Fsp3) is 0.238. The summed E-state index contributed by atoms with van der Waals surface area (Å²) in [5.41, 5.74) is 2.66. The quantitative estimate of drug-likeness (QED) is 0.659. The van der Waals surface area contributed by atoms with Gasteiger partial charge in [-0.25, -0.2) is 14.2 Å². The largest absolute Gasteiger partial charge is 0.494 e. The number of rotatable bonds is 6. The van der Waals surface area contributed by atoms with E-state index in [1.54, 1.807) is 30.5 Å². The number of urea groups is 1. The number of ether oxygens (including phenoxy) is 1. The van der Waals surface area contributed by atoms with E-state index in [0.29, 0.717) is 18.7 Å². The molecule has 1 N–H and O–H groups in total. The fourth-order valence-corrected chi connectivity index (χ4v) is 3.75. The van der Waals surface area contributed by atoms with Gasteiger partial charge in [0.15, 0.2) is 11.6 Å².